The van der Waals surface area contributed by atoms with Crippen molar-refractivity contribution in [2.45, 2.75) is 144 Å². The molecule has 0 aliphatic carbocycles. The lowest BCUT2D eigenvalue weighted by molar-refractivity contribution is -0.133. The quantitative estimate of drug-likeness (QED) is 0.0321. The van der Waals surface area contributed by atoms with Crippen LogP contribution in [0.3, 0.4) is 0 Å². The summed E-state index contributed by atoms with van der Waals surface area (Å²) in [5.74, 6) is -1.87. The Hall–Kier alpha value is -2.34. The third-order valence-electron chi connectivity index (χ3n) is 8.22. The second-order valence-electron chi connectivity index (χ2n) is 16.8. The van der Waals surface area contributed by atoms with Gasteiger partial charge in [0.1, 0.15) is 0 Å². The Morgan fingerprint density at radius 2 is 0.507 bits per heavy atom. The highest BCUT2D eigenvalue weighted by atomic mass is 16.6. The second kappa shape index (κ2) is 58.9. The van der Waals surface area contributed by atoms with E-state index in [1.165, 1.54) is 13.8 Å². The predicted octanol–water partition coefficient (Wildman–Crippen LogP) is 2.31. The number of rotatable bonds is 44. The van der Waals surface area contributed by atoms with Crippen LogP contribution in [0.1, 0.15) is 83.1 Å². The number of carboxylic acids is 2. The minimum absolute atomic E-state index is 0.00335. The molecular weight excluding hydrogens is 969 g/mol. The van der Waals surface area contributed by atoms with Crippen molar-refractivity contribution < 1.29 is 112 Å². The molecule has 0 aromatic heterocycles. The molecule has 0 radical (unpaired) electrons. The summed E-state index contributed by atoms with van der Waals surface area (Å²) in [7, 11) is 0. The largest absolute Gasteiger partial charge is 0.478 e. The molecule has 0 fully saturated rings. The van der Waals surface area contributed by atoms with Gasteiger partial charge in [0, 0.05) is 11.1 Å². The van der Waals surface area contributed by atoms with Crippen LogP contribution in [0.25, 0.3) is 0 Å². The van der Waals surface area contributed by atoms with E-state index in [-0.39, 0.29) is 99.1 Å². The van der Waals surface area contributed by atoms with Crippen LogP contribution < -0.4 is 0 Å². The van der Waals surface area contributed by atoms with Gasteiger partial charge in [-0.1, -0.05) is 13.2 Å². The average Bonchev–Trinajstić information content (AvgIpc) is 3.35. The number of hydrogen-bond donors (Lipinski definition) is 8. The van der Waals surface area contributed by atoms with Gasteiger partial charge in [0.15, 0.2) is 0 Å². The van der Waals surface area contributed by atoms with Crippen LogP contribution in [0.5, 0.6) is 0 Å². The van der Waals surface area contributed by atoms with E-state index >= 15 is 0 Å². The molecule has 0 heterocycles. The summed E-state index contributed by atoms with van der Waals surface area (Å²) in [5, 5.41) is 67.1. The number of ether oxygens (including phenoxy) is 13. The lowest BCUT2D eigenvalue weighted by Crippen LogP contribution is -2.30. The lowest BCUT2D eigenvalue weighted by Gasteiger charge is -2.23. The molecule has 0 saturated carbocycles. The molecule has 23 heteroatoms. The number of carbonyl (C=O) groups is 2. The fraction of sp³-hybridized carbons (Fsp3) is 0.880. The van der Waals surface area contributed by atoms with E-state index in [0.717, 1.165) is 0 Å². The number of aliphatic hydroxyl groups is 6. The van der Waals surface area contributed by atoms with Crippen molar-refractivity contribution in [3.8, 4) is 0 Å². The number of hydrogen-bond acceptors (Lipinski definition) is 21. The molecule has 10 atom stereocenters. The first-order chi connectivity index (χ1) is 34.4. The molecule has 0 bridgehead atoms. The fourth-order valence-electron chi connectivity index (χ4n) is 4.04. The molecule has 0 rings (SSSR count). The Morgan fingerprint density at radius 1 is 0.342 bits per heavy atom. The first-order valence-corrected chi connectivity index (χ1v) is 24.8. The zero-order valence-electron chi connectivity index (χ0n) is 46.4. The van der Waals surface area contributed by atoms with Crippen molar-refractivity contribution in [3.63, 3.8) is 0 Å². The van der Waals surface area contributed by atoms with Crippen molar-refractivity contribution in [2.24, 2.45) is 0 Å². The van der Waals surface area contributed by atoms with E-state index in [2.05, 4.69) is 13.2 Å². The zero-order valence-corrected chi connectivity index (χ0v) is 46.4. The lowest BCUT2D eigenvalue weighted by atomic mass is 10.3. The van der Waals surface area contributed by atoms with Gasteiger partial charge in [-0.3, -0.25) is 0 Å². The Bertz CT molecular complexity index is 1120. The Balaban J connectivity index is -0.000000382. The van der Waals surface area contributed by atoms with Crippen molar-refractivity contribution in [1.82, 2.24) is 0 Å². The van der Waals surface area contributed by atoms with E-state index < -0.39 is 18.0 Å². The molecule has 0 aliphatic rings. The van der Waals surface area contributed by atoms with Gasteiger partial charge in [0.2, 0.25) is 0 Å². The first kappa shape index (κ1) is 79.5. The van der Waals surface area contributed by atoms with E-state index in [0.29, 0.717) is 112 Å². The summed E-state index contributed by atoms with van der Waals surface area (Å²) in [4.78, 5) is 19.2. The Kier molecular flexibility index (Phi) is 64.2. The summed E-state index contributed by atoms with van der Waals surface area (Å²) < 4.78 is 71.2. The van der Waals surface area contributed by atoms with E-state index in [9.17, 15) is 14.7 Å². The molecule has 0 saturated heterocycles. The van der Waals surface area contributed by atoms with Gasteiger partial charge in [-0.05, 0) is 83.1 Å². The molecular formula is C50H102O23. The fourth-order valence-corrected chi connectivity index (χ4v) is 4.04. The highest BCUT2D eigenvalue weighted by molar-refractivity contribution is 5.85. The van der Waals surface area contributed by atoms with Crippen LogP contribution in [0.15, 0.2) is 24.3 Å². The Morgan fingerprint density at radius 3 is 0.644 bits per heavy atom. The van der Waals surface area contributed by atoms with Crippen molar-refractivity contribution in [3.05, 3.63) is 24.3 Å². The van der Waals surface area contributed by atoms with Crippen LogP contribution in [-0.4, -0.2) is 259 Å². The molecule has 23 nitrogen and oxygen atoms in total. The summed E-state index contributed by atoms with van der Waals surface area (Å²) in [5.41, 5.74) is 0.352. The molecule has 0 aromatic carbocycles. The first-order valence-electron chi connectivity index (χ1n) is 24.8. The minimum atomic E-state index is -0.935. The average molecular weight is 1070 g/mol. The predicted molar refractivity (Wildman–Crippen MR) is 274 cm³/mol. The summed E-state index contributed by atoms with van der Waals surface area (Å²) in [6.45, 7) is 35.7. The van der Waals surface area contributed by atoms with E-state index in [1.807, 2.05) is 62.3 Å². The zero-order chi connectivity index (χ0) is 56.8. The molecule has 8 N–H and O–H groups in total. The van der Waals surface area contributed by atoms with Gasteiger partial charge < -0.3 is 102 Å². The molecule has 0 spiro atoms. The van der Waals surface area contributed by atoms with Gasteiger partial charge in [0.25, 0.3) is 0 Å². The molecule has 10 unspecified atom stereocenters. The maximum absolute atomic E-state index is 9.60. The molecule has 73 heavy (non-hydrogen) atoms. The van der Waals surface area contributed by atoms with Crippen molar-refractivity contribution >= 4 is 11.9 Å². The standard InChI is InChI=1S/C30H62O11.2C6H14O4.2C4H6O2/c1-21(32)12-33-23(3)14-35-25(5)16-37-27(7)18-39-29(9)20-41-30(10)19-40-28(8)17-38-26(6)15-36-24(4)13-34-22(2)11-31;2*7-1-3-9-5-6-10-4-2-8;2*1-3(2)4(5)6/h21-32H,11-20H2,1-10H3;2*7-8H,1-6H2;2*1H2,2H3,(H,5,6). The molecule has 0 amide bonds. The van der Waals surface area contributed by atoms with Gasteiger partial charge in [-0.25, -0.2) is 9.59 Å². The maximum atomic E-state index is 9.60. The highest BCUT2D eigenvalue weighted by Crippen LogP contribution is 2.06. The second-order valence-corrected chi connectivity index (χ2v) is 16.8. The molecule has 0 aliphatic heterocycles. The van der Waals surface area contributed by atoms with Crippen LogP contribution in [0, 0.1) is 0 Å². The summed E-state index contributed by atoms with van der Waals surface area (Å²) in [6.07, 6.45) is -1.29. The van der Waals surface area contributed by atoms with Crippen LogP contribution in [0.4, 0.5) is 0 Å². The van der Waals surface area contributed by atoms with E-state index in [4.69, 9.17) is 97.3 Å². The number of carboxylic acid groups (broad SMARTS) is 2. The van der Waals surface area contributed by atoms with Crippen LogP contribution in [-0.2, 0) is 71.2 Å². The Labute approximate surface area is 436 Å². The van der Waals surface area contributed by atoms with Crippen molar-refractivity contribution in [2.75, 3.05) is 145 Å². The summed E-state index contributed by atoms with van der Waals surface area (Å²) in [6, 6.07) is 0. The SMILES string of the molecule is C=C(C)C(=O)O.C=C(C)C(=O)O.CC(O)COC(C)COC(C)COC(C)COC(C)COC(C)COC(C)COC(C)COC(C)COC(C)CO.OCCOCCOCCO.OCCOCCOCCO. The topological polar surface area (TPSA) is 316 Å². The van der Waals surface area contributed by atoms with Gasteiger partial charge in [-0.2, -0.15) is 0 Å². The third-order valence-corrected chi connectivity index (χ3v) is 8.22. The highest BCUT2D eigenvalue weighted by Gasteiger charge is 2.15. The molecule has 0 aromatic rings. The normalized spacial score (nSPS) is 15.0. The summed E-state index contributed by atoms with van der Waals surface area (Å²) >= 11 is 0. The van der Waals surface area contributed by atoms with Gasteiger partial charge in [-0.15, -0.1) is 0 Å². The van der Waals surface area contributed by atoms with Gasteiger partial charge >= 0.3 is 11.9 Å². The minimum Gasteiger partial charge on any atom is -0.478 e. The van der Waals surface area contributed by atoms with E-state index in [1.54, 1.807) is 6.92 Å². The third kappa shape index (κ3) is 71.8. The monoisotopic (exact) mass is 1070 g/mol. The molecule has 440 valence electrons. The van der Waals surface area contributed by atoms with Crippen molar-refractivity contribution in [1.29, 1.82) is 0 Å². The number of aliphatic carboxylic acids is 2. The van der Waals surface area contributed by atoms with Crippen LogP contribution >= 0.6 is 0 Å². The smallest absolute Gasteiger partial charge is 0.330 e. The van der Waals surface area contributed by atoms with Crippen LogP contribution in [0.2, 0.25) is 0 Å². The number of aliphatic hydroxyl groups excluding tert-OH is 6. The van der Waals surface area contributed by atoms with Gasteiger partial charge in [0.05, 0.1) is 206 Å². The maximum Gasteiger partial charge on any atom is 0.330 e.